The Morgan fingerprint density at radius 3 is 2.64 bits per heavy atom. The van der Waals surface area contributed by atoms with E-state index in [4.69, 9.17) is 10.3 Å². The van der Waals surface area contributed by atoms with Gasteiger partial charge in [-0.2, -0.15) is 8.42 Å². The molecular formula is C5H10N2O3S. The molecule has 0 unspecified atom stereocenters. The fraction of sp³-hybridized carbons (Fsp3) is 0.400. The number of amidine groups is 1. The van der Waals surface area contributed by atoms with E-state index in [0.29, 0.717) is 0 Å². The number of nitrogens with zero attached hydrogens (tertiary/aromatic N) is 1. The lowest BCUT2D eigenvalue weighted by atomic mass is 10.6. The molecule has 0 aromatic carbocycles. The molecule has 0 amide bonds. The highest BCUT2D eigenvalue weighted by molar-refractivity contribution is 7.85. The van der Waals surface area contributed by atoms with Gasteiger partial charge in [-0.05, 0) is 6.08 Å². The summed E-state index contributed by atoms with van der Waals surface area (Å²) >= 11 is 0. The van der Waals surface area contributed by atoms with Crippen molar-refractivity contribution in [2.45, 2.75) is 0 Å². The summed E-state index contributed by atoms with van der Waals surface area (Å²) in [4.78, 5) is 3.57. The Morgan fingerprint density at radius 1 is 1.73 bits per heavy atom. The van der Waals surface area contributed by atoms with Crippen LogP contribution in [0.4, 0.5) is 0 Å². The number of hydrogen-bond acceptors (Lipinski definition) is 3. The number of aliphatic imine (C=N–C) groups is 1. The molecule has 0 fully saturated rings. The molecule has 0 rings (SSSR count). The molecule has 0 aliphatic heterocycles. The van der Waals surface area contributed by atoms with Gasteiger partial charge in [0, 0.05) is 0 Å². The molecule has 0 saturated carbocycles. The average Bonchev–Trinajstić information content (AvgIpc) is 1.85. The SMILES string of the molecule is C=CC(N)=NCCS(=O)(=O)O. The van der Waals surface area contributed by atoms with Crippen LogP contribution in [0.5, 0.6) is 0 Å². The van der Waals surface area contributed by atoms with Gasteiger partial charge in [0.05, 0.1) is 12.3 Å². The Hall–Kier alpha value is -0.880. The summed E-state index contributed by atoms with van der Waals surface area (Å²) in [5.74, 6) is -0.254. The second-order valence-electron chi connectivity index (χ2n) is 1.80. The molecule has 0 aromatic heterocycles. The van der Waals surface area contributed by atoms with Gasteiger partial charge in [-0.3, -0.25) is 9.55 Å². The summed E-state index contributed by atoms with van der Waals surface area (Å²) in [5, 5.41) is 0. The number of nitrogens with two attached hydrogens (primary N) is 1. The van der Waals surface area contributed by atoms with Crippen LogP contribution in [0.1, 0.15) is 0 Å². The van der Waals surface area contributed by atoms with E-state index in [2.05, 4.69) is 11.6 Å². The third-order valence-electron chi connectivity index (χ3n) is 0.853. The second-order valence-corrected chi connectivity index (χ2v) is 3.37. The van der Waals surface area contributed by atoms with E-state index >= 15 is 0 Å². The van der Waals surface area contributed by atoms with Crippen LogP contribution in [0, 0.1) is 0 Å². The molecule has 0 aliphatic carbocycles. The normalized spacial score (nSPS) is 13.0. The first kappa shape index (κ1) is 10.1. The van der Waals surface area contributed by atoms with Gasteiger partial charge in [0.1, 0.15) is 5.84 Å². The highest BCUT2D eigenvalue weighted by Gasteiger charge is 2.01. The molecule has 11 heavy (non-hydrogen) atoms. The van der Waals surface area contributed by atoms with Crippen molar-refractivity contribution in [1.82, 2.24) is 0 Å². The molecular weight excluding hydrogens is 168 g/mol. The van der Waals surface area contributed by atoms with Crippen LogP contribution >= 0.6 is 0 Å². The minimum absolute atomic E-state index is 0.0450. The molecule has 5 nitrogen and oxygen atoms in total. The molecule has 0 heterocycles. The Kier molecular flexibility index (Phi) is 3.77. The maximum atomic E-state index is 10.1. The van der Waals surface area contributed by atoms with Gasteiger partial charge in [-0.15, -0.1) is 0 Å². The van der Waals surface area contributed by atoms with E-state index in [1.807, 2.05) is 0 Å². The molecule has 64 valence electrons. The van der Waals surface area contributed by atoms with Crippen LogP contribution in [0.25, 0.3) is 0 Å². The molecule has 0 bridgehead atoms. The molecule has 0 saturated heterocycles. The van der Waals surface area contributed by atoms with Crippen molar-refractivity contribution in [1.29, 1.82) is 0 Å². The van der Waals surface area contributed by atoms with Crippen molar-refractivity contribution in [3.05, 3.63) is 12.7 Å². The summed E-state index contributed by atoms with van der Waals surface area (Å²) in [5.41, 5.74) is 5.16. The maximum Gasteiger partial charge on any atom is 0.266 e. The van der Waals surface area contributed by atoms with Crippen molar-refractivity contribution < 1.29 is 13.0 Å². The topological polar surface area (TPSA) is 92.8 Å². The summed E-state index contributed by atoms with van der Waals surface area (Å²) in [6.45, 7) is 3.26. The molecule has 0 atom stereocenters. The summed E-state index contributed by atoms with van der Waals surface area (Å²) < 4.78 is 28.5. The van der Waals surface area contributed by atoms with Crippen molar-refractivity contribution in [3.63, 3.8) is 0 Å². The molecule has 0 radical (unpaired) electrons. The smallest absolute Gasteiger partial charge is 0.266 e. The van der Waals surface area contributed by atoms with Crippen LogP contribution in [-0.4, -0.2) is 31.1 Å². The molecule has 0 aromatic rings. The predicted molar refractivity (Wildman–Crippen MR) is 43.1 cm³/mol. The van der Waals surface area contributed by atoms with Crippen LogP contribution in [0.15, 0.2) is 17.6 Å². The summed E-state index contributed by atoms with van der Waals surface area (Å²) in [7, 11) is -3.92. The van der Waals surface area contributed by atoms with E-state index < -0.39 is 15.9 Å². The highest BCUT2D eigenvalue weighted by atomic mass is 32.2. The molecule has 0 aliphatic rings. The first-order chi connectivity index (χ1) is 4.95. The summed E-state index contributed by atoms with van der Waals surface area (Å²) in [6.07, 6.45) is 1.30. The maximum absolute atomic E-state index is 10.1. The van der Waals surface area contributed by atoms with Gasteiger partial charge >= 0.3 is 0 Å². The van der Waals surface area contributed by atoms with Gasteiger partial charge < -0.3 is 5.73 Å². The van der Waals surface area contributed by atoms with E-state index in [9.17, 15) is 8.42 Å². The number of hydrogen-bond donors (Lipinski definition) is 2. The molecule has 0 spiro atoms. The zero-order valence-electron chi connectivity index (χ0n) is 5.90. The van der Waals surface area contributed by atoms with Gasteiger partial charge in [0.2, 0.25) is 0 Å². The third kappa shape index (κ3) is 7.01. The Morgan fingerprint density at radius 2 is 2.27 bits per heavy atom. The van der Waals surface area contributed by atoms with Crippen molar-refractivity contribution in [2.75, 3.05) is 12.3 Å². The number of rotatable bonds is 4. The van der Waals surface area contributed by atoms with Gasteiger partial charge in [-0.25, -0.2) is 0 Å². The first-order valence-corrected chi connectivity index (χ1v) is 4.44. The molecule has 3 N–H and O–H groups in total. The van der Waals surface area contributed by atoms with Crippen LogP contribution in [-0.2, 0) is 10.1 Å². The Labute approximate surface area is 65.4 Å². The fourth-order valence-electron chi connectivity index (χ4n) is 0.355. The average molecular weight is 178 g/mol. The quantitative estimate of drug-likeness (QED) is 0.342. The first-order valence-electron chi connectivity index (χ1n) is 2.83. The Bertz CT molecular complexity index is 255. The highest BCUT2D eigenvalue weighted by Crippen LogP contribution is 1.82. The van der Waals surface area contributed by atoms with Crippen molar-refractivity contribution in [2.24, 2.45) is 10.7 Å². The van der Waals surface area contributed by atoms with Gasteiger partial charge in [0.15, 0.2) is 0 Å². The van der Waals surface area contributed by atoms with Crippen molar-refractivity contribution >= 4 is 16.0 Å². The van der Waals surface area contributed by atoms with Gasteiger partial charge in [0.25, 0.3) is 10.1 Å². The van der Waals surface area contributed by atoms with Crippen LogP contribution in [0.3, 0.4) is 0 Å². The van der Waals surface area contributed by atoms with Gasteiger partial charge in [-0.1, -0.05) is 6.58 Å². The zero-order chi connectivity index (χ0) is 8.91. The predicted octanol–water partition coefficient (Wildman–Crippen LogP) is -0.583. The van der Waals surface area contributed by atoms with Crippen molar-refractivity contribution in [3.8, 4) is 0 Å². The minimum Gasteiger partial charge on any atom is -0.384 e. The Balaban J connectivity index is 3.84. The van der Waals surface area contributed by atoms with E-state index in [-0.39, 0.29) is 12.4 Å². The minimum atomic E-state index is -3.92. The standard InChI is InChI=1S/C5H10N2O3S/c1-2-5(6)7-3-4-11(8,9)10/h2H,1,3-4H2,(H2,6,7)(H,8,9,10). The zero-order valence-corrected chi connectivity index (χ0v) is 6.71. The van der Waals surface area contributed by atoms with E-state index in [1.165, 1.54) is 6.08 Å². The van der Waals surface area contributed by atoms with Crippen LogP contribution in [0.2, 0.25) is 0 Å². The lowest BCUT2D eigenvalue weighted by molar-refractivity contribution is 0.483. The molecule has 6 heteroatoms. The fourth-order valence-corrected chi connectivity index (χ4v) is 0.677. The third-order valence-corrected chi connectivity index (χ3v) is 1.55. The largest absolute Gasteiger partial charge is 0.384 e. The second kappa shape index (κ2) is 4.09. The van der Waals surface area contributed by atoms with Crippen LogP contribution < -0.4 is 5.73 Å². The monoisotopic (exact) mass is 178 g/mol. The van der Waals surface area contributed by atoms with E-state index in [1.54, 1.807) is 0 Å². The lowest BCUT2D eigenvalue weighted by Gasteiger charge is -1.92. The van der Waals surface area contributed by atoms with E-state index in [0.717, 1.165) is 0 Å². The summed E-state index contributed by atoms with van der Waals surface area (Å²) in [6, 6.07) is 0. The lowest BCUT2D eigenvalue weighted by Crippen LogP contribution is -2.12.